The van der Waals surface area contributed by atoms with Gasteiger partial charge >= 0.3 is 0 Å². The number of para-hydroxylation sites is 2. The topological polar surface area (TPSA) is 9.86 Å². The molecule has 0 saturated carbocycles. The van der Waals surface area contributed by atoms with Crippen LogP contribution in [-0.4, -0.2) is 9.13 Å². The Labute approximate surface area is 366 Å². The van der Waals surface area contributed by atoms with Crippen LogP contribution in [0.25, 0.3) is 88.4 Å². The molecule has 0 bridgehead atoms. The molecule has 0 unspecified atom stereocenters. The minimum absolute atomic E-state index is 0.443. The maximum absolute atomic E-state index is 2.45. The van der Waals surface area contributed by atoms with Crippen molar-refractivity contribution >= 4 is 43.6 Å². The molecule has 0 spiro atoms. The van der Waals surface area contributed by atoms with E-state index in [2.05, 4.69) is 252 Å². The molecule has 2 heteroatoms. The zero-order chi connectivity index (χ0) is 41.5. The van der Waals surface area contributed by atoms with Crippen LogP contribution in [0, 0.1) is 0 Å². The number of fused-ring (bicyclic) bond motifs is 9. The second kappa shape index (κ2) is 13.9. The molecule has 0 radical (unpaired) electrons. The first kappa shape index (κ1) is 35.5. The largest absolute Gasteiger partial charge is 0.309 e. The molecule has 0 fully saturated rings. The summed E-state index contributed by atoms with van der Waals surface area (Å²) in [5, 5.41) is 4.97. The molecule has 294 valence electrons. The zero-order valence-electron chi connectivity index (χ0n) is 34.5. The summed E-state index contributed by atoms with van der Waals surface area (Å²) in [6.07, 6.45) is 0. The Hall–Kier alpha value is -8.20. The summed E-state index contributed by atoms with van der Waals surface area (Å²) in [7, 11) is 0. The van der Waals surface area contributed by atoms with Crippen LogP contribution in [0.4, 0.5) is 0 Å². The highest BCUT2D eigenvalue weighted by molar-refractivity contribution is 6.13. The smallest absolute Gasteiger partial charge is 0.0713 e. The summed E-state index contributed by atoms with van der Waals surface area (Å²) in [5.41, 5.74) is 19.3. The SMILES string of the molecule is c1ccc(-c2ccc3c(c2)c2cc(-c4ccc5c(c4)c4ccccc4n5-c4ccccc4)ccc2n3-c2ccc(C3(c4ccccc4)c4ccccc4-c4ccccc43)cc2)cc1. The monoisotopic (exact) mass is 800 g/mol. The van der Waals surface area contributed by atoms with Gasteiger partial charge in [0.05, 0.1) is 27.5 Å². The Morgan fingerprint density at radius 1 is 0.254 bits per heavy atom. The van der Waals surface area contributed by atoms with E-state index in [0.717, 1.165) is 5.69 Å². The van der Waals surface area contributed by atoms with E-state index in [4.69, 9.17) is 0 Å². The van der Waals surface area contributed by atoms with Crippen molar-refractivity contribution in [1.29, 1.82) is 0 Å². The first-order chi connectivity index (χ1) is 31.3. The van der Waals surface area contributed by atoms with Gasteiger partial charge < -0.3 is 9.13 Å². The lowest BCUT2D eigenvalue weighted by atomic mass is 9.68. The lowest BCUT2D eigenvalue weighted by Crippen LogP contribution is -2.28. The van der Waals surface area contributed by atoms with Gasteiger partial charge in [0.25, 0.3) is 0 Å². The van der Waals surface area contributed by atoms with Gasteiger partial charge in [0.1, 0.15) is 0 Å². The van der Waals surface area contributed by atoms with Crippen LogP contribution in [0.15, 0.2) is 243 Å². The van der Waals surface area contributed by atoms with Crippen LogP contribution in [0.5, 0.6) is 0 Å². The molecule has 2 nitrogen and oxygen atoms in total. The predicted molar refractivity (Wildman–Crippen MR) is 263 cm³/mol. The Kier molecular flexibility index (Phi) is 7.85. The van der Waals surface area contributed by atoms with Crippen molar-refractivity contribution in [1.82, 2.24) is 9.13 Å². The van der Waals surface area contributed by atoms with Crippen LogP contribution >= 0.6 is 0 Å². The quantitative estimate of drug-likeness (QED) is 0.159. The second-order valence-corrected chi connectivity index (χ2v) is 16.8. The molecular weight excluding hydrogens is 761 g/mol. The first-order valence-electron chi connectivity index (χ1n) is 21.8. The molecule has 10 aromatic carbocycles. The van der Waals surface area contributed by atoms with Crippen molar-refractivity contribution in [3.8, 4) is 44.8 Å². The number of aromatic nitrogens is 2. The van der Waals surface area contributed by atoms with E-state index in [1.807, 2.05) is 0 Å². The fourth-order valence-corrected chi connectivity index (χ4v) is 10.9. The van der Waals surface area contributed by atoms with Gasteiger partial charge in [-0.3, -0.25) is 0 Å². The van der Waals surface area contributed by atoms with Crippen LogP contribution in [-0.2, 0) is 5.41 Å². The van der Waals surface area contributed by atoms with Gasteiger partial charge in [-0.25, -0.2) is 0 Å². The number of hydrogen-bond acceptors (Lipinski definition) is 0. The summed E-state index contributed by atoms with van der Waals surface area (Å²) >= 11 is 0. The summed E-state index contributed by atoms with van der Waals surface area (Å²) in [6, 6.07) is 89.5. The lowest BCUT2D eigenvalue weighted by molar-refractivity contribution is 0.768. The van der Waals surface area contributed by atoms with E-state index in [1.165, 1.54) is 105 Å². The van der Waals surface area contributed by atoms with Gasteiger partial charge in [0.15, 0.2) is 0 Å². The molecule has 1 aliphatic rings. The second-order valence-electron chi connectivity index (χ2n) is 16.8. The number of benzene rings is 10. The van der Waals surface area contributed by atoms with Crippen molar-refractivity contribution in [2.75, 3.05) is 0 Å². The normalized spacial score (nSPS) is 12.9. The average Bonchev–Trinajstić information content (AvgIpc) is 3.98. The van der Waals surface area contributed by atoms with Crippen molar-refractivity contribution in [3.63, 3.8) is 0 Å². The van der Waals surface area contributed by atoms with E-state index in [1.54, 1.807) is 0 Å². The van der Waals surface area contributed by atoms with Crippen LogP contribution in [0.1, 0.15) is 22.3 Å². The van der Waals surface area contributed by atoms with E-state index >= 15 is 0 Å². The van der Waals surface area contributed by atoms with Crippen molar-refractivity contribution in [2.45, 2.75) is 5.41 Å². The maximum Gasteiger partial charge on any atom is 0.0713 e. The molecule has 2 heterocycles. The standard InChI is InChI=1S/C61H40N2/c1-4-16-41(17-5-1)42-28-35-59-53(38-42)54-40-44(43-29-36-58-52(39-43)51-24-12-15-27-57(51)62(58)47-20-8-3-9-21-47)30-37-60(54)63(59)48-33-31-46(32-34-48)61(45-18-6-2-7-19-45)55-25-13-10-22-49(55)50-23-11-14-26-56(50)61/h1-40H. The highest BCUT2D eigenvalue weighted by Gasteiger charge is 2.45. The summed E-state index contributed by atoms with van der Waals surface area (Å²) in [4.78, 5) is 0. The summed E-state index contributed by atoms with van der Waals surface area (Å²) in [6.45, 7) is 0. The van der Waals surface area contributed by atoms with Crippen molar-refractivity contribution < 1.29 is 0 Å². The van der Waals surface area contributed by atoms with Gasteiger partial charge in [-0.15, -0.1) is 0 Å². The third kappa shape index (κ3) is 5.25. The molecule has 13 rings (SSSR count). The molecule has 0 N–H and O–H groups in total. The summed E-state index contributed by atoms with van der Waals surface area (Å²) in [5.74, 6) is 0. The van der Waals surface area contributed by atoms with Gasteiger partial charge in [-0.05, 0) is 122 Å². The van der Waals surface area contributed by atoms with E-state index in [-0.39, 0.29) is 0 Å². The minimum Gasteiger partial charge on any atom is -0.309 e. The molecule has 12 aromatic rings. The molecule has 1 aliphatic carbocycles. The highest BCUT2D eigenvalue weighted by Crippen LogP contribution is 2.56. The van der Waals surface area contributed by atoms with E-state index in [9.17, 15) is 0 Å². The average molecular weight is 801 g/mol. The Morgan fingerprint density at radius 2 is 0.651 bits per heavy atom. The first-order valence-corrected chi connectivity index (χ1v) is 21.8. The predicted octanol–water partition coefficient (Wildman–Crippen LogP) is 15.6. The van der Waals surface area contributed by atoms with Crippen LogP contribution < -0.4 is 0 Å². The number of rotatable bonds is 6. The molecule has 0 aliphatic heterocycles. The Balaban J connectivity index is 0.998. The van der Waals surface area contributed by atoms with Gasteiger partial charge in [0.2, 0.25) is 0 Å². The lowest BCUT2D eigenvalue weighted by Gasteiger charge is -2.34. The number of nitrogens with zero attached hydrogens (tertiary/aromatic N) is 2. The fourth-order valence-electron chi connectivity index (χ4n) is 10.9. The van der Waals surface area contributed by atoms with Crippen LogP contribution in [0.2, 0.25) is 0 Å². The molecule has 63 heavy (non-hydrogen) atoms. The third-order valence-electron chi connectivity index (χ3n) is 13.6. The molecule has 2 aromatic heterocycles. The van der Waals surface area contributed by atoms with Gasteiger partial charge in [-0.2, -0.15) is 0 Å². The molecular formula is C61H40N2. The zero-order valence-corrected chi connectivity index (χ0v) is 34.5. The van der Waals surface area contributed by atoms with E-state index < -0.39 is 5.41 Å². The minimum atomic E-state index is -0.443. The molecule has 0 atom stereocenters. The van der Waals surface area contributed by atoms with E-state index in [0.29, 0.717) is 0 Å². The molecule has 0 saturated heterocycles. The Bertz CT molecular complexity index is 3660. The van der Waals surface area contributed by atoms with Gasteiger partial charge in [-0.1, -0.05) is 176 Å². The molecule has 0 amide bonds. The highest BCUT2D eigenvalue weighted by atomic mass is 15.0. The van der Waals surface area contributed by atoms with Crippen molar-refractivity contribution in [3.05, 3.63) is 265 Å². The Morgan fingerprint density at radius 3 is 1.22 bits per heavy atom. The summed E-state index contributed by atoms with van der Waals surface area (Å²) < 4.78 is 4.84. The van der Waals surface area contributed by atoms with Gasteiger partial charge in [0, 0.05) is 32.9 Å². The number of hydrogen-bond donors (Lipinski definition) is 0. The van der Waals surface area contributed by atoms with Crippen LogP contribution in [0.3, 0.4) is 0 Å². The third-order valence-corrected chi connectivity index (χ3v) is 13.6. The fraction of sp³-hybridized carbons (Fsp3) is 0.0164. The van der Waals surface area contributed by atoms with Crippen molar-refractivity contribution in [2.24, 2.45) is 0 Å². The maximum atomic E-state index is 2.45.